The van der Waals surface area contributed by atoms with E-state index in [1.807, 2.05) is 60.7 Å². The molecule has 0 aliphatic heterocycles. The lowest BCUT2D eigenvalue weighted by Crippen LogP contribution is -2.03. The summed E-state index contributed by atoms with van der Waals surface area (Å²) in [6.07, 6.45) is 0. The van der Waals surface area contributed by atoms with Gasteiger partial charge in [-0.15, -0.1) is 10.2 Å². The van der Waals surface area contributed by atoms with Gasteiger partial charge in [0.15, 0.2) is 5.82 Å². The van der Waals surface area contributed by atoms with E-state index >= 15 is 0 Å². The third kappa shape index (κ3) is 3.15. The minimum absolute atomic E-state index is 0.0951. The van der Waals surface area contributed by atoms with Crippen LogP contribution < -0.4 is 0 Å². The van der Waals surface area contributed by atoms with Crippen LogP contribution in [0.1, 0.15) is 0 Å². The molecule has 0 aliphatic carbocycles. The number of fused-ring (bicyclic) bond motifs is 1. The average molecular weight is 444 g/mol. The maximum atomic E-state index is 10.3. The molecule has 0 saturated heterocycles. The Balaban J connectivity index is 1.81. The highest BCUT2D eigenvalue weighted by atomic mass is 79.9. The van der Waals surface area contributed by atoms with Gasteiger partial charge in [0.1, 0.15) is 17.1 Å². The Bertz CT molecular complexity index is 1320. The number of hydrogen-bond acceptors (Lipinski definition) is 5. The Morgan fingerprint density at radius 1 is 0.759 bits per heavy atom. The number of rotatable bonds is 3. The van der Waals surface area contributed by atoms with E-state index in [4.69, 9.17) is 10.1 Å². The molecule has 6 nitrogen and oxygen atoms in total. The predicted molar refractivity (Wildman–Crippen MR) is 114 cm³/mol. The Labute approximate surface area is 174 Å². The molecule has 2 heterocycles. The van der Waals surface area contributed by atoms with E-state index in [1.54, 1.807) is 22.7 Å². The smallest absolute Gasteiger partial charge is 0.272 e. The van der Waals surface area contributed by atoms with Crippen LogP contribution >= 0.6 is 15.9 Å². The summed E-state index contributed by atoms with van der Waals surface area (Å²) in [4.78, 5) is 4.75. The molecule has 2 aromatic heterocycles. The highest BCUT2D eigenvalue weighted by Crippen LogP contribution is 2.33. The van der Waals surface area contributed by atoms with E-state index in [0.717, 1.165) is 21.3 Å². The highest BCUT2D eigenvalue weighted by molar-refractivity contribution is 9.10. The molecule has 1 N–H and O–H groups in total. The molecule has 0 spiro atoms. The van der Waals surface area contributed by atoms with E-state index in [-0.39, 0.29) is 5.75 Å². The summed E-state index contributed by atoms with van der Waals surface area (Å²) in [5.74, 6) is 0.874. The second-order valence-corrected chi connectivity index (χ2v) is 7.35. The average Bonchev–Trinajstić information content (AvgIpc) is 3.18. The van der Waals surface area contributed by atoms with E-state index in [1.165, 1.54) is 0 Å². The molecule has 0 bridgehead atoms. The fourth-order valence-corrected chi connectivity index (χ4v) is 3.54. The fraction of sp³-hybridized carbons (Fsp3) is 0. The normalized spacial score (nSPS) is 11.1. The van der Waals surface area contributed by atoms with Crippen LogP contribution in [0, 0.1) is 0 Å². The Morgan fingerprint density at radius 2 is 1.41 bits per heavy atom. The quantitative estimate of drug-likeness (QED) is 0.425. The molecule has 7 heteroatoms. The predicted octanol–water partition coefficient (Wildman–Crippen LogP) is 4.99. The van der Waals surface area contributed by atoms with Gasteiger partial charge in [0, 0.05) is 15.6 Å². The summed E-state index contributed by atoms with van der Waals surface area (Å²) in [6.45, 7) is 0. The van der Waals surface area contributed by atoms with Crippen LogP contribution in [0.25, 0.3) is 39.7 Å². The minimum atomic E-state index is 0.0951. The van der Waals surface area contributed by atoms with Gasteiger partial charge < -0.3 is 5.11 Å². The Kier molecular flexibility index (Phi) is 4.29. The second-order valence-electron chi connectivity index (χ2n) is 6.44. The summed E-state index contributed by atoms with van der Waals surface area (Å²) >= 11 is 3.43. The lowest BCUT2D eigenvalue weighted by Gasteiger charge is -2.10. The van der Waals surface area contributed by atoms with Gasteiger partial charge in [-0.25, -0.2) is 4.98 Å². The monoisotopic (exact) mass is 443 g/mol. The molecule has 3 aromatic carbocycles. The molecule has 0 amide bonds. The van der Waals surface area contributed by atoms with Gasteiger partial charge in [-0.05, 0) is 18.2 Å². The van der Waals surface area contributed by atoms with Gasteiger partial charge in [-0.1, -0.05) is 76.6 Å². The van der Waals surface area contributed by atoms with Crippen molar-refractivity contribution in [1.29, 1.82) is 0 Å². The van der Waals surface area contributed by atoms with Crippen molar-refractivity contribution in [1.82, 2.24) is 24.8 Å². The number of halogens is 1. The van der Waals surface area contributed by atoms with Crippen LogP contribution in [0.3, 0.4) is 0 Å². The molecule has 0 radical (unpaired) electrons. The van der Waals surface area contributed by atoms with Crippen molar-refractivity contribution in [2.24, 2.45) is 0 Å². The molecule has 0 saturated carbocycles. The van der Waals surface area contributed by atoms with Crippen LogP contribution in [0.5, 0.6) is 5.75 Å². The largest absolute Gasteiger partial charge is 0.507 e. The van der Waals surface area contributed by atoms with Crippen LogP contribution in [-0.2, 0) is 0 Å². The number of nitrogens with zero attached hydrogens (tertiary/aromatic N) is 5. The zero-order valence-corrected chi connectivity index (χ0v) is 16.7. The number of aromatic nitrogens is 5. The van der Waals surface area contributed by atoms with Gasteiger partial charge in [-0.2, -0.15) is 9.61 Å². The van der Waals surface area contributed by atoms with Gasteiger partial charge in [-0.3, -0.25) is 0 Å². The topological polar surface area (TPSA) is 76.2 Å². The molecule has 140 valence electrons. The first kappa shape index (κ1) is 17.5. The van der Waals surface area contributed by atoms with Crippen LogP contribution in [-0.4, -0.2) is 29.9 Å². The summed E-state index contributed by atoms with van der Waals surface area (Å²) in [6, 6.07) is 24.9. The third-order valence-electron chi connectivity index (χ3n) is 4.55. The number of aromatic hydroxyl groups is 1. The third-order valence-corrected chi connectivity index (χ3v) is 5.05. The molecule has 0 atom stereocenters. The molecule has 0 fully saturated rings. The molecular weight excluding hydrogens is 430 g/mol. The van der Waals surface area contributed by atoms with Gasteiger partial charge in [0.25, 0.3) is 5.78 Å². The second kappa shape index (κ2) is 7.10. The minimum Gasteiger partial charge on any atom is -0.507 e. The first-order chi connectivity index (χ1) is 14.2. The van der Waals surface area contributed by atoms with Crippen molar-refractivity contribution in [3.63, 3.8) is 0 Å². The number of benzene rings is 3. The summed E-state index contributed by atoms with van der Waals surface area (Å²) in [5, 5.41) is 23.6. The van der Waals surface area contributed by atoms with Crippen molar-refractivity contribution < 1.29 is 5.11 Å². The summed E-state index contributed by atoms with van der Waals surface area (Å²) in [5.41, 5.74) is 3.82. The van der Waals surface area contributed by atoms with E-state index < -0.39 is 0 Å². The number of phenolic OH excluding ortho intramolecular Hbond substituents is 1. The van der Waals surface area contributed by atoms with Crippen molar-refractivity contribution >= 4 is 21.7 Å². The van der Waals surface area contributed by atoms with Crippen molar-refractivity contribution in [3.05, 3.63) is 83.3 Å². The standard InChI is InChI=1S/C22H14BrN5O/c23-16-11-12-18(29)17(13-16)21-25-26-22-24-19(14-7-3-1-4-8-14)20(27-28(21)22)15-9-5-2-6-10-15/h1-13,29H. The highest BCUT2D eigenvalue weighted by Gasteiger charge is 2.19. The van der Waals surface area contributed by atoms with Gasteiger partial charge in [0.2, 0.25) is 0 Å². The molecule has 29 heavy (non-hydrogen) atoms. The van der Waals surface area contributed by atoms with Crippen LogP contribution in [0.2, 0.25) is 0 Å². The van der Waals surface area contributed by atoms with E-state index in [0.29, 0.717) is 22.9 Å². The van der Waals surface area contributed by atoms with Gasteiger partial charge >= 0.3 is 0 Å². The molecule has 0 unspecified atom stereocenters. The molecule has 5 aromatic rings. The summed E-state index contributed by atoms with van der Waals surface area (Å²) < 4.78 is 2.38. The van der Waals surface area contributed by atoms with Crippen molar-refractivity contribution in [2.45, 2.75) is 0 Å². The first-order valence-corrected chi connectivity index (χ1v) is 9.73. The van der Waals surface area contributed by atoms with Gasteiger partial charge in [0.05, 0.1) is 5.56 Å². The zero-order chi connectivity index (χ0) is 19.8. The van der Waals surface area contributed by atoms with Crippen molar-refractivity contribution in [3.8, 4) is 39.7 Å². The van der Waals surface area contributed by atoms with Crippen LogP contribution in [0.15, 0.2) is 83.3 Å². The Morgan fingerprint density at radius 3 is 2.10 bits per heavy atom. The molecule has 5 rings (SSSR count). The summed E-state index contributed by atoms with van der Waals surface area (Å²) in [7, 11) is 0. The molecular formula is C22H14BrN5O. The lowest BCUT2D eigenvalue weighted by atomic mass is 10.0. The first-order valence-electron chi connectivity index (χ1n) is 8.94. The zero-order valence-electron chi connectivity index (χ0n) is 15.1. The van der Waals surface area contributed by atoms with E-state index in [2.05, 4.69) is 26.1 Å². The maximum Gasteiger partial charge on any atom is 0.272 e. The number of hydrogen-bond donors (Lipinski definition) is 1. The fourth-order valence-electron chi connectivity index (χ4n) is 3.18. The maximum absolute atomic E-state index is 10.3. The lowest BCUT2D eigenvalue weighted by molar-refractivity contribution is 0.476. The Hall–Kier alpha value is -3.58. The van der Waals surface area contributed by atoms with Crippen molar-refractivity contribution in [2.75, 3.05) is 0 Å². The SMILES string of the molecule is Oc1ccc(Br)cc1-c1nnc2nc(-c3ccccc3)c(-c3ccccc3)nn12. The number of phenols is 1. The van der Waals surface area contributed by atoms with Crippen LogP contribution in [0.4, 0.5) is 0 Å². The van der Waals surface area contributed by atoms with E-state index in [9.17, 15) is 5.11 Å². The molecule has 0 aliphatic rings.